The van der Waals surface area contributed by atoms with Gasteiger partial charge in [-0.15, -0.1) is 0 Å². The number of hydrogen-bond acceptors (Lipinski definition) is 3. The molecule has 0 aliphatic carbocycles. The molecule has 2 N–H and O–H groups in total. The molecule has 1 aromatic carbocycles. The Morgan fingerprint density at radius 1 is 1.20 bits per heavy atom. The SMILES string of the molecule is CCCC(N)c1ccc2nccnc2c1. The molecule has 15 heavy (non-hydrogen) atoms. The fourth-order valence-electron chi connectivity index (χ4n) is 1.69. The molecular weight excluding hydrogens is 186 g/mol. The molecule has 2 rings (SSSR count). The first kappa shape index (κ1) is 10.1. The summed E-state index contributed by atoms with van der Waals surface area (Å²) in [5, 5.41) is 0. The van der Waals surface area contributed by atoms with Crippen LogP contribution in [-0.4, -0.2) is 9.97 Å². The van der Waals surface area contributed by atoms with Crippen LogP contribution in [0, 0.1) is 0 Å². The van der Waals surface area contributed by atoms with Crippen LogP contribution in [0.1, 0.15) is 31.4 Å². The first-order valence-electron chi connectivity index (χ1n) is 5.27. The Morgan fingerprint density at radius 3 is 2.67 bits per heavy atom. The van der Waals surface area contributed by atoms with Gasteiger partial charge in [-0.05, 0) is 24.1 Å². The van der Waals surface area contributed by atoms with Crippen LogP contribution in [0.4, 0.5) is 0 Å². The lowest BCUT2D eigenvalue weighted by atomic mass is 10.0. The summed E-state index contributed by atoms with van der Waals surface area (Å²) in [6.07, 6.45) is 5.51. The second-order valence-electron chi connectivity index (χ2n) is 3.70. The molecule has 0 radical (unpaired) electrons. The molecule has 0 fully saturated rings. The normalized spacial score (nSPS) is 12.9. The van der Waals surface area contributed by atoms with E-state index in [1.54, 1.807) is 12.4 Å². The number of aromatic nitrogens is 2. The Bertz CT molecular complexity index is 453. The third-order valence-corrected chi connectivity index (χ3v) is 2.52. The van der Waals surface area contributed by atoms with Crippen LogP contribution in [-0.2, 0) is 0 Å². The Kier molecular flexibility index (Phi) is 2.92. The van der Waals surface area contributed by atoms with E-state index in [1.807, 2.05) is 18.2 Å². The monoisotopic (exact) mass is 201 g/mol. The zero-order valence-electron chi connectivity index (χ0n) is 8.85. The third-order valence-electron chi connectivity index (χ3n) is 2.52. The van der Waals surface area contributed by atoms with Crippen LogP contribution >= 0.6 is 0 Å². The summed E-state index contributed by atoms with van der Waals surface area (Å²) in [5.74, 6) is 0. The molecule has 2 aromatic rings. The molecule has 3 nitrogen and oxygen atoms in total. The minimum atomic E-state index is 0.112. The molecule has 0 saturated heterocycles. The zero-order valence-corrected chi connectivity index (χ0v) is 8.85. The van der Waals surface area contributed by atoms with Crippen molar-refractivity contribution in [1.82, 2.24) is 9.97 Å². The molecule has 0 aliphatic rings. The molecule has 1 heterocycles. The maximum atomic E-state index is 6.05. The highest BCUT2D eigenvalue weighted by atomic mass is 14.8. The first-order chi connectivity index (χ1) is 7.31. The lowest BCUT2D eigenvalue weighted by molar-refractivity contribution is 0.639. The van der Waals surface area contributed by atoms with Gasteiger partial charge in [-0.2, -0.15) is 0 Å². The average Bonchev–Trinajstić information content (AvgIpc) is 2.29. The van der Waals surface area contributed by atoms with Gasteiger partial charge in [-0.25, -0.2) is 0 Å². The smallest absolute Gasteiger partial charge is 0.0890 e. The molecule has 0 saturated carbocycles. The number of nitrogens with two attached hydrogens (primary N) is 1. The Morgan fingerprint density at radius 2 is 1.93 bits per heavy atom. The number of nitrogens with zero attached hydrogens (tertiary/aromatic N) is 2. The van der Waals surface area contributed by atoms with Gasteiger partial charge in [0.25, 0.3) is 0 Å². The highest BCUT2D eigenvalue weighted by Gasteiger charge is 2.05. The highest BCUT2D eigenvalue weighted by molar-refractivity contribution is 5.74. The summed E-state index contributed by atoms with van der Waals surface area (Å²) in [7, 11) is 0. The molecule has 0 spiro atoms. The van der Waals surface area contributed by atoms with Crippen LogP contribution in [0.15, 0.2) is 30.6 Å². The highest BCUT2D eigenvalue weighted by Crippen LogP contribution is 2.19. The predicted octanol–water partition coefficient (Wildman–Crippen LogP) is 2.43. The summed E-state index contributed by atoms with van der Waals surface area (Å²) in [5.41, 5.74) is 9.03. The van der Waals surface area contributed by atoms with Gasteiger partial charge in [0, 0.05) is 18.4 Å². The Labute approximate surface area is 89.4 Å². The lowest BCUT2D eigenvalue weighted by Crippen LogP contribution is -2.09. The minimum absolute atomic E-state index is 0.112. The van der Waals surface area contributed by atoms with E-state index in [2.05, 4.69) is 16.9 Å². The second-order valence-corrected chi connectivity index (χ2v) is 3.70. The lowest BCUT2D eigenvalue weighted by Gasteiger charge is -2.10. The Balaban J connectivity index is 2.38. The van der Waals surface area contributed by atoms with E-state index in [0.29, 0.717) is 0 Å². The van der Waals surface area contributed by atoms with Crippen LogP contribution < -0.4 is 5.73 Å². The van der Waals surface area contributed by atoms with Crippen LogP contribution in [0.3, 0.4) is 0 Å². The summed E-state index contributed by atoms with van der Waals surface area (Å²) < 4.78 is 0. The van der Waals surface area contributed by atoms with Gasteiger partial charge in [0.2, 0.25) is 0 Å². The molecule has 1 aromatic heterocycles. The van der Waals surface area contributed by atoms with Crippen molar-refractivity contribution in [2.24, 2.45) is 5.73 Å². The topological polar surface area (TPSA) is 51.8 Å². The molecule has 3 heteroatoms. The number of fused-ring (bicyclic) bond motifs is 1. The van der Waals surface area contributed by atoms with Gasteiger partial charge in [0.05, 0.1) is 11.0 Å². The molecule has 1 atom stereocenters. The summed E-state index contributed by atoms with van der Waals surface area (Å²) in [6.45, 7) is 2.14. The van der Waals surface area contributed by atoms with Crippen LogP contribution in [0.25, 0.3) is 11.0 Å². The molecule has 0 amide bonds. The number of benzene rings is 1. The molecule has 0 bridgehead atoms. The summed E-state index contributed by atoms with van der Waals surface area (Å²) in [6, 6.07) is 6.16. The van der Waals surface area contributed by atoms with Gasteiger partial charge < -0.3 is 5.73 Å². The van der Waals surface area contributed by atoms with Crippen molar-refractivity contribution in [1.29, 1.82) is 0 Å². The summed E-state index contributed by atoms with van der Waals surface area (Å²) in [4.78, 5) is 8.49. The fourth-order valence-corrected chi connectivity index (χ4v) is 1.69. The van der Waals surface area contributed by atoms with Gasteiger partial charge in [-0.3, -0.25) is 9.97 Å². The predicted molar refractivity (Wildman–Crippen MR) is 61.4 cm³/mol. The van der Waals surface area contributed by atoms with E-state index >= 15 is 0 Å². The minimum Gasteiger partial charge on any atom is -0.324 e. The average molecular weight is 201 g/mol. The van der Waals surface area contributed by atoms with E-state index in [4.69, 9.17) is 5.73 Å². The fraction of sp³-hybridized carbons (Fsp3) is 0.333. The van der Waals surface area contributed by atoms with Crippen LogP contribution in [0.5, 0.6) is 0 Å². The largest absolute Gasteiger partial charge is 0.324 e. The van der Waals surface area contributed by atoms with Crippen molar-refractivity contribution >= 4 is 11.0 Å². The van der Waals surface area contributed by atoms with Crippen molar-refractivity contribution in [3.63, 3.8) is 0 Å². The van der Waals surface area contributed by atoms with E-state index in [9.17, 15) is 0 Å². The van der Waals surface area contributed by atoms with Crippen molar-refractivity contribution in [2.45, 2.75) is 25.8 Å². The van der Waals surface area contributed by atoms with Crippen molar-refractivity contribution in [3.05, 3.63) is 36.2 Å². The Hall–Kier alpha value is -1.48. The van der Waals surface area contributed by atoms with Crippen molar-refractivity contribution in [3.8, 4) is 0 Å². The quantitative estimate of drug-likeness (QED) is 0.829. The molecular formula is C12H15N3. The third kappa shape index (κ3) is 2.13. The first-order valence-corrected chi connectivity index (χ1v) is 5.27. The van der Waals surface area contributed by atoms with Crippen molar-refractivity contribution < 1.29 is 0 Å². The number of hydrogen-bond donors (Lipinski definition) is 1. The zero-order chi connectivity index (χ0) is 10.7. The summed E-state index contributed by atoms with van der Waals surface area (Å²) >= 11 is 0. The number of rotatable bonds is 3. The van der Waals surface area contributed by atoms with Gasteiger partial charge >= 0.3 is 0 Å². The van der Waals surface area contributed by atoms with Gasteiger partial charge in [-0.1, -0.05) is 19.4 Å². The van der Waals surface area contributed by atoms with E-state index in [0.717, 1.165) is 29.4 Å². The van der Waals surface area contributed by atoms with Crippen LogP contribution in [0.2, 0.25) is 0 Å². The maximum Gasteiger partial charge on any atom is 0.0890 e. The molecule has 78 valence electrons. The van der Waals surface area contributed by atoms with Gasteiger partial charge in [0.15, 0.2) is 0 Å². The second kappa shape index (κ2) is 4.36. The van der Waals surface area contributed by atoms with Gasteiger partial charge in [0.1, 0.15) is 0 Å². The van der Waals surface area contributed by atoms with E-state index in [-0.39, 0.29) is 6.04 Å². The van der Waals surface area contributed by atoms with E-state index < -0.39 is 0 Å². The maximum absolute atomic E-state index is 6.05. The van der Waals surface area contributed by atoms with E-state index in [1.165, 1.54) is 0 Å². The van der Waals surface area contributed by atoms with Crippen molar-refractivity contribution in [2.75, 3.05) is 0 Å². The molecule has 1 unspecified atom stereocenters. The molecule has 0 aliphatic heterocycles. The standard InChI is InChI=1S/C12H15N3/c1-2-3-10(13)9-4-5-11-12(8-9)15-7-6-14-11/h4-8,10H,2-3,13H2,1H3.